The lowest BCUT2D eigenvalue weighted by molar-refractivity contribution is -0.141. The van der Waals surface area contributed by atoms with Gasteiger partial charge in [-0.2, -0.15) is 26.9 Å². The molecule has 0 saturated heterocycles. The fourth-order valence-electron chi connectivity index (χ4n) is 3.46. The average Bonchev–Trinajstić information content (AvgIpc) is 3.40. The van der Waals surface area contributed by atoms with Crippen molar-refractivity contribution in [3.63, 3.8) is 0 Å². The number of alkyl halides is 5. The zero-order valence-electron chi connectivity index (χ0n) is 14.5. The van der Waals surface area contributed by atoms with E-state index in [1.807, 2.05) is 0 Å². The summed E-state index contributed by atoms with van der Waals surface area (Å²) >= 11 is 0. The Labute approximate surface area is 159 Å². The SMILES string of the molecule is O=C(C[C@@H]1CCc2cc(-c3noc(C(F)F)n3)ccc21)c1ocnc1C(F)(F)F. The molecule has 4 rings (SSSR count). The Hall–Kier alpha value is -3.11. The fourth-order valence-corrected chi connectivity index (χ4v) is 3.46. The maximum Gasteiger partial charge on any atom is 0.437 e. The first kappa shape index (κ1) is 19.2. The Bertz CT molecular complexity index is 1060. The highest BCUT2D eigenvalue weighted by Gasteiger charge is 2.40. The van der Waals surface area contributed by atoms with Crippen LogP contribution in [0.3, 0.4) is 0 Å². The largest absolute Gasteiger partial charge is 0.440 e. The third kappa shape index (κ3) is 3.64. The number of halogens is 5. The molecule has 0 bridgehead atoms. The minimum absolute atomic E-state index is 0.0131. The molecule has 0 amide bonds. The van der Waals surface area contributed by atoms with E-state index in [9.17, 15) is 26.7 Å². The van der Waals surface area contributed by atoms with Crippen LogP contribution in [0.5, 0.6) is 0 Å². The van der Waals surface area contributed by atoms with Gasteiger partial charge in [0.25, 0.3) is 5.89 Å². The van der Waals surface area contributed by atoms with Gasteiger partial charge in [0, 0.05) is 12.0 Å². The first-order valence-corrected chi connectivity index (χ1v) is 8.53. The Morgan fingerprint density at radius 3 is 2.76 bits per heavy atom. The number of aromatic nitrogens is 3. The maximum atomic E-state index is 12.9. The first-order valence-electron chi connectivity index (χ1n) is 8.53. The second kappa shape index (κ2) is 7.05. The van der Waals surface area contributed by atoms with E-state index in [2.05, 4.69) is 24.1 Å². The number of carbonyl (C=O) groups excluding carboxylic acids is 1. The number of aryl methyl sites for hydroxylation is 1. The number of rotatable bonds is 5. The molecule has 0 unspecified atom stereocenters. The summed E-state index contributed by atoms with van der Waals surface area (Å²) in [6.45, 7) is 0. The summed E-state index contributed by atoms with van der Waals surface area (Å²) in [6, 6.07) is 4.99. The van der Waals surface area contributed by atoms with Crippen LogP contribution < -0.4 is 0 Å². The number of hydrogen-bond donors (Lipinski definition) is 0. The van der Waals surface area contributed by atoms with Crippen molar-refractivity contribution in [2.24, 2.45) is 0 Å². The average molecular weight is 413 g/mol. The van der Waals surface area contributed by atoms with Gasteiger partial charge in [-0.05, 0) is 36.0 Å². The first-order chi connectivity index (χ1) is 13.7. The minimum Gasteiger partial charge on any atom is -0.440 e. The van der Waals surface area contributed by atoms with Crippen molar-refractivity contribution in [1.29, 1.82) is 0 Å². The normalized spacial score (nSPS) is 16.4. The molecule has 6 nitrogen and oxygen atoms in total. The van der Waals surface area contributed by atoms with Crippen molar-refractivity contribution >= 4 is 5.78 Å². The van der Waals surface area contributed by atoms with Crippen molar-refractivity contribution in [2.45, 2.75) is 37.8 Å². The van der Waals surface area contributed by atoms with Crippen LogP contribution in [0.1, 0.15) is 58.5 Å². The molecule has 152 valence electrons. The molecule has 1 aliphatic rings. The van der Waals surface area contributed by atoms with Crippen LogP contribution >= 0.6 is 0 Å². The molecular weight excluding hydrogens is 401 g/mol. The molecular formula is C18H12F5N3O3. The van der Waals surface area contributed by atoms with Gasteiger partial charge in [0.15, 0.2) is 12.1 Å². The lowest BCUT2D eigenvalue weighted by atomic mass is 9.93. The van der Waals surface area contributed by atoms with Crippen molar-refractivity contribution in [3.05, 3.63) is 53.1 Å². The second-order valence-electron chi connectivity index (χ2n) is 6.56. The Balaban J connectivity index is 1.54. The van der Waals surface area contributed by atoms with Crippen LogP contribution in [-0.2, 0) is 12.6 Å². The molecule has 2 aromatic heterocycles. The summed E-state index contributed by atoms with van der Waals surface area (Å²) in [7, 11) is 0. The minimum atomic E-state index is -4.78. The van der Waals surface area contributed by atoms with E-state index in [1.165, 1.54) is 0 Å². The summed E-state index contributed by atoms with van der Waals surface area (Å²) in [4.78, 5) is 19.1. The topological polar surface area (TPSA) is 82.0 Å². The number of ketones is 1. The zero-order valence-corrected chi connectivity index (χ0v) is 14.5. The number of fused-ring (bicyclic) bond motifs is 1. The maximum absolute atomic E-state index is 12.9. The quantitative estimate of drug-likeness (QED) is 0.433. The molecule has 11 heteroatoms. The Morgan fingerprint density at radius 1 is 1.28 bits per heavy atom. The molecule has 0 saturated carbocycles. The van der Waals surface area contributed by atoms with Gasteiger partial charge in [-0.3, -0.25) is 4.79 Å². The highest BCUT2D eigenvalue weighted by Crippen LogP contribution is 2.39. The fraction of sp³-hybridized carbons (Fsp3) is 0.333. The van der Waals surface area contributed by atoms with Crippen LogP contribution in [0.15, 0.2) is 33.5 Å². The molecule has 0 spiro atoms. The van der Waals surface area contributed by atoms with Crippen LogP contribution in [0.4, 0.5) is 22.0 Å². The van der Waals surface area contributed by atoms with E-state index < -0.39 is 35.7 Å². The molecule has 0 fully saturated rings. The number of Topliss-reactive ketones (excluding diaryl/α,β-unsaturated/α-hetero) is 1. The lowest BCUT2D eigenvalue weighted by Crippen LogP contribution is -2.13. The predicted molar refractivity (Wildman–Crippen MR) is 86.2 cm³/mol. The predicted octanol–water partition coefficient (Wildman–Crippen LogP) is 4.98. The monoisotopic (exact) mass is 413 g/mol. The molecule has 3 aromatic rings. The number of benzene rings is 1. The zero-order chi connectivity index (χ0) is 20.8. The van der Waals surface area contributed by atoms with Gasteiger partial charge in [-0.1, -0.05) is 17.3 Å². The molecule has 1 atom stereocenters. The molecule has 29 heavy (non-hydrogen) atoms. The Morgan fingerprint density at radius 2 is 2.07 bits per heavy atom. The highest BCUT2D eigenvalue weighted by atomic mass is 19.4. The third-order valence-corrected chi connectivity index (χ3v) is 4.75. The Kier molecular flexibility index (Phi) is 4.67. The van der Waals surface area contributed by atoms with Gasteiger partial charge in [0.2, 0.25) is 17.4 Å². The number of nitrogens with zero attached hydrogens (tertiary/aromatic N) is 3. The van der Waals surface area contributed by atoms with E-state index in [-0.39, 0.29) is 18.2 Å². The van der Waals surface area contributed by atoms with Gasteiger partial charge in [0.1, 0.15) is 0 Å². The van der Waals surface area contributed by atoms with Crippen molar-refractivity contribution in [3.8, 4) is 11.4 Å². The summed E-state index contributed by atoms with van der Waals surface area (Å²) in [5, 5.41) is 3.52. The van der Waals surface area contributed by atoms with Crippen molar-refractivity contribution in [2.75, 3.05) is 0 Å². The number of carbonyl (C=O) groups is 1. The van der Waals surface area contributed by atoms with Gasteiger partial charge >= 0.3 is 12.6 Å². The van der Waals surface area contributed by atoms with E-state index in [0.717, 1.165) is 11.1 Å². The number of oxazole rings is 1. The third-order valence-electron chi connectivity index (χ3n) is 4.75. The molecule has 0 N–H and O–H groups in total. The van der Waals surface area contributed by atoms with E-state index in [4.69, 9.17) is 0 Å². The van der Waals surface area contributed by atoms with Gasteiger partial charge in [0.05, 0.1) is 0 Å². The summed E-state index contributed by atoms with van der Waals surface area (Å²) in [5.41, 5.74) is 0.786. The molecule has 0 aliphatic heterocycles. The van der Waals surface area contributed by atoms with Gasteiger partial charge in [-0.25, -0.2) is 4.98 Å². The smallest absolute Gasteiger partial charge is 0.437 e. The van der Waals surface area contributed by atoms with E-state index >= 15 is 0 Å². The lowest BCUT2D eigenvalue weighted by Gasteiger charge is -2.11. The van der Waals surface area contributed by atoms with Crippen LogP contribution in [0.25, 0.3) is 11.4 Å². The molecule has 1 aliphatic carbocycles. The molecule has 2 heterocycles. The van der Waals surface area contributed by atoms with Gasteiger partial charge < -0.3 is 8.94 Å². The summed E-state index contributed by atoms with van der Waals surface area (Å²) < 4.78 is 73.1. The van der Waals surface area contributed by atoms with E-state index in [1.54, 1.807) is 18.2 Å². The van der Waals surface area contributed by atoms with Crippen LogP contribution in [0, 0.1) is 0 Å². The highest BCUT2D eigenvalue weighted by molar-refractivity contribution is 5.95. The molecule has 0 radical (unpaired) electrons. The second-order valence-corrected chi connectivity index (χ2v) is 6.56. The van der Waals surface area contributed by atoms with Crippen LogP contribution in [0.2, 0.25) is 0 Å². The van der Waals surface area contributed by atoms with Crippen molar-refractivity contribution in [1.82, 2.24) is 15.1 Å². The molecule has 1 aromatic carbocycles. The van der Waals surface area contributed by atoms with E-state index in [0.29, 0.717) is 24.8 Å². The number of hydrogen-bond acceptors (Lipinski definition) is 6. The summed E-state index contributed by atoms with van der Waals surface area (Å²) in [5.74, 6) is -2.64. The summed E-state index contributed by atoms with van der Waals surface area (Å²) in [6.07, 6.45) is -6.09. The van der Waals surface area contributed by atoms with Crippen LogP contribution in [-0.4, -0.2) is 20.9 Å². The van der Waals surface area contributed by atoms with Crippen molar-refractivity contribution < 1.29 is 35.7 Å². The standard InChI is InChI=1S/C18H12F5N3O3/c19-15(20)17-25-16(26-29-17)10-3-4-11-8(5-10)1-2-9(11)6-12(27)13-14(18(21,22)23)24-7-28-13/h3-5,7,9,15H,1-2,6H2/t9-/m0/s1. The van der Waals surface area contributed by atoms with Gasteiger partial charge in [-0.15, -0.1) is 0 Å².